The van der Waals surface area contributed by atoms with Gasteiger partial charge >= 0.3 is 0 Å². The van der Waals surface area contributed by atoms with E-state index in [9.17, 15) is 0 Å². The molecule has 1 saturated carbocycles. The van der Waals surface area contributed by atoms with Crippen LogP contribution in [0.5, 0.6) is 0 Å². The molecule has 0 aliphatic heterocycles. The van der Waals surface area contributed by atoms with Gasteiger partial charge in [-0.15, -0.1) is 0 Å². The maximum atomic E-state index is 3.78. The molecule has 1 aromatic carbocycles. The van der Waals surface area contributed by atoms with E-state index in [1.807, 2.05) is 0 Å². The highest BCUT2D eigenvalue weighted by molar-refractivity contribution is 5.24. The lowest BCUT2D eigenvalue weighted by Gasteiger charge is -2.39. The van der Waals surface area contributed by atoms with Gasteiger partial charge in [-0.3, -0.25) is 0 Å². The van der Waals surface area contributed by atoms with E-state index in [2.05, 4.69) is 57.3 Å². The summed E-state index contributed by atoms with van der Waals surface area (Å²) in [6.07, 6.45) is 5.47. The first-order valence-electron chi connectivity index (χ1n) is 7.81. The van der Waals surface area contributed by atoms with Crippen LogP contribution in [-0.2, 0) is 6.54 Å². The van der Waals surface area contributed by atoms with Gasteiger partial charge in [-0.25, -0.2) is 0 Å². The molecule has 0 amide bonds. The summed E-state index contributed by atoms with van der Waals surface area (Å²) in [4.78, 5) is 0. The maximum absolute atomic E-state index is 3.78. The molecule has 106 valence electrons. The molecule has 0 aromatic heterocycles. The topological polar surface area (TPSA) is 12.0 Å². The van der Waals surface area contributed by atoms with Gasteiger partial charge in [0.05, 0.1) is 0 Å². The minimum absolute atomic E-state index is 0.454. The van der Waals surface area contributed by atoms with Gasteiger partial charge in [-0.05, 0) is 35.3 Å². The molecular weight excluding hydrogens is 230 g/mol. The van der Waals surface area contributed by atoms with Crippen LogP contribution in [0, 0.1) is 5.41 Å². The van der Waals surface area contributed by atoms with E-state index in [1.165, 1.54) is 36.8 Å². The number of nitrogens with one attached hydrogen (secondary N) is 1. The monoisotopic (exact) mass is 259 g/mol. The SMILES string of the molecule is CC(C)c1ccc(CNC2CCCCC2(C)C)cc1. The molecular formula is C18H29N. The predicted molar refractivity (Wildman–Crippen MR) is 83.4 cm³/mol. The lowest BCUT2D eigenvalue weighted by molar-refractivity contribution is 0.167. The summed E-state index contributed by atoms with van der Waals surface area (Å²) < 4.78 is 0. The summed E-state index contributed by atoms with van der Waals surface area (Å²) in [6, 6.07) is 9.77. The quantitative estimate of drug-likeness (QED) is 0.813. The standard InChI is InChI=1S/C18H29N/c1-14(2)16-10-8-15(9-11-16)13-19-17-7-5-6-12-18(17,3)4/h8-11,14,17,19H,5-7,12-13H2,1-4H3. The summed E-state index contributed by atoms with van der Waals surface area (Å²) in [5, 5.41) is 3.78. The lowest BCUT2D eigenvalue weighted by atomic mass is 9.73. The Balaban J connectivity index is 1.91. The third-order valence-electron chi connectivity index (χ3n) is 4.71. The normalized spacial score (nSPS) is 22.7. The van der Waals surface area contributed by atoms with E-state index in [1.54, 1.807) is 0 Å². The van der Waals surface area contributed by atoms with Crippen LogP contribution in [0.3, 0.4) is 0 Å². The molecule has 0 bridgehead atoms. The Morgan fingerprint density at radius 3 is 2.42 bits per heavy atom. The second-order valence-electron chi connectivity index (χ2n) is 7.06. The zero-order valence-corrected chi connectivity index (χ0v) is 13.0. The largest absolute Gasteiger partial charge is 0.309 e. The van der Waals surface area contributed by atoms with Crippen LogP contribution in [0.2, 0.25) is 0 Å². The van der Waals surface area contributed by atoms with Gasteiger partial charge in [0.1, 0.15) is 0 Å². The van der Waals surface area contributed by atoms with E-state index in [0.717, 1.165) is 6.54 Å². The minimum atomic E-state index is 0.454. The van der Waals surface area contributed by atoms with Crippen molar-refractivity contribution in [1.29, 1.82) is 0 Å². The minimum Gasteiger partial charge on any atom is -0.309 e. The molecule has 0 radical (unpaired) electrons. The fourth-order valence-corrected chi connectivity index (χ4v) is 3.13. The van der Waals surface area contributed by atoms with Crippen molar-refractivity contribution in [3.63, 3.8) is 0 Å². The first-order valence-corrected chi connectivity index (χ1v) is 7.81. The van der Waals surface area contributed by atoms with Crippen LogP contribution in [-0.4, -0.2) is 6.04 Å². The highest BCUT2D eigenvalue weighted by atomic mass is 14.9. The van der Waals surface area contributed by atoms with Crippen molar-refractivity contribution in [1.82, 2.24) is 5.32 Å². The molecule has 1 unspecified atom stereocenters. The summed E-state index contributed by atoms with van der Waals surface area (Å²) in [5.41, 5.74) is 3.29. The summed E-state index contributed by atoms with van der Waals surface area (Å²) in [5.74, 6) is 0.624. The smallest absolute Gasteiger partial charge is 0.0208 e. The van der Waals surface area contributed by atoms with Crippen molar-refractivity contribution in [2.45, 2.75) is 71.9 Å². The average molecular weight is 259 g/mol. The van der Waals surface area contributed by atoms with Gasteiger partial charge in [0.15, 0.2) is 0 Å². The first kappa shape index (κ1) is 14.6. The fraction of sp³-hybridized carbons (Fsp3) is 0.667. The van der Waals surface area contributed by atoms with E-state index in [4.69, 9.17) is 0 Å². The van der Waals surface area contributed by atoms with Gasteiger partial charge in [-0.2, -0.15) is 0 Å². The second-order valence-corrected chi connectivity index (χ2v) is 7.06. The van der Waals surface area contributed by atoms with Crippen molar-refractivity contribution < 1.29 is 0 Å². The van der Waals surface area contributed by atoms with Gasteiger partial charge in [0.25, 0.3) is 0 Å². The first-order chi connectivity index (χ1) is 8.99. The van der Waals surface area contributed by atoms with Gasteiger partial charge in [0, 0.05) is 12.6 Å². The summed E-state index contributed by atoms with van der Waals surface area (Å²) in [6.45, 7) is 10.3. The molecule has 19 heavy (non-hydrogen) atoms. The van der Waals surface area contributed by atoms with Crippen LogP contribution in [0.4, 0.5) is 0 Å². The van der Waals surface area contributed by atoms with Crippen molar-refractivity contribution in [2.24, 2.45) is 5.41 Å². The number of hydrogen-bond acceptors (Lipinski definition) is 1. The third kappa shape index (κ3) is 3.82. The van der Waals surface area contributed by atoms with Crippen LogP contribution >= 0.6 is 0 Å². The highest BCUT2D eigenvalue weighted by Gasteiger charge is 2.31. The predicted octanol–water partition coefficient (Wildman–Crippen LogP) is 4.87. The maximum Gasteiger partial charge on any atom is 0.0208 e. The molecule has 1 aliphatic carbocycles. The van der Waals surface area contributed by atoms with Gasteiger partial charge in [0.2, 0.25) is 0 Å². The number of rotatable bonds is 4. The zero-order valence-electron chi connectivity index (χ0n) is 13.0. The Hall–Kier alpha value is -0.820. The molecule has 0 spiro atoms. The van der Waals surface area contributed by atoms with Crippen molar-refractivity contribution in [3.8, 4) is 0 Å². The van der Waals surface area contributed by atoms with Gasteiger partial charge < -0.3 is 5.32 Å². The lowest BCUT2D eigenvalue weighted by Crippen LogP contribution is -2.43. The molecule has 0 heterocycles. The molecule has 1 heteroatoms. The molecule has 1 nitrogen and oxygen atoms in total. The van der Waals surface area contributed by atoms with E-state index in [-0.39, 0.29) is 0 Å². The van der Waals surface area contributed by atoms with Gasteiger partial charge in [-0.1, -0.05) is 64.8 Å². The zero-order chi connectivity index (χ0) is 13.9. The molecule has 1 aliphatic rings. The molecule has 1 atom stereocenters. The molecule has 1 fully saturated rings. The molecule has 0 saturated heterocycles. The Bertz CT molecular complexity index is 389. The van der Waals surface area contributed by atoms with Crippen molar-refractivity contribution in [2.75, 3.05) is 0 Å². The van der Waals surface area contributed by atoms with Crippen LogP contribution < -0.4 is 5.32 Å². The van der Waals surface area contributed by atoms with E-state index < -0.39 is 0 Å². The highest BCUT2D eigenvalue weighted by Crippen LogP contribution is 2.35. The van der Waals surface area contributed by atoms with Crippen LogP contribution in [0.15, 0.2) is 24.3 Å². The molecule has 1 N–H and O–H groups in total. The molecule has 1 aromatic rings. The Labute approximate surface area is 118 Å². The Morgan fingerprint density at radius 2 is 1.84 bits per heavy atom. The van der Waals surface area contributed by atoms with E-state index >= 15 is 0 Å². The summed E-state index contributed by atoms with van der Waals surface area (Å²) >= 11 is 0. The fourth-order valence-electron chi connectivity index (χ4n) is 3.13. The Morgan fingerprint density at radius 1 is 1.16 bits per heavy atom. The van der Waals surface area contributed by atoms with Crippen LogP contribution in [0.1, 0.15) is 70.4 Å². The number of benzene rings is 1. The Kier molecular flexibility index (Phi) is 4.67. The van der Waals surface area contributed by atoms with E-state index in [0.29, 0.717) is 17.4 Å². The average Bonchev–Trinajstić information content (AvgIpc) is 2.37. The molecule has 2 rings (SSSR count). The van der Waals surface area contributed by atoms with Crippen LogP contribution in [0.25, 0.3) is 0 Å². The third-order valence-corrected chi connectivity index (χ3v) is 4.71. The van der Waals surface area contributed by atoms with Crippen molar-refractivity contribution >= 4 is 0 Å². The number of hydrogen-bond donors (Lipinski definition) is 1. The van der Waals surface area contributed by atoms with Crippen molar-refractivity contribution in [3.05, 3.63) is 35.4 Å². The summed E-state index contributed by atoms with van der Waals surface area (Å²) in [7, 11) is 0. The second kappa shape index (κ2) is 6.09.